The Kier molecular flexibility index (Phi) is 5.24. The summed E-state index contributed by atoms with van der Waals surface area (Å²) in [4.78, 5) is 51.4. The standard InChI is InChI=1S/C20H23N3O5S/c1-20-9-8-18(26)23(20)15(12-29-20)19(27)28-11-16(24)21-13-4-6-14(7-5-13)22-10-2-3-17(22)25/h4-7,15H,2-3,8-12H2,1H3,(H,21,24)/t15-,20-/m1/s1. The molecule has 4 rings (SSSR count). The molecule has 0 unspecified atom stereocenters. The van der Waals surface area contributed by atoms with Crippen LogP contribution in [0.3, 0.4) is 0 Å². The van der Waals surface area contributed by atoms with Gasteiger partial charge in [-0.05, 0) is 44.0 Å². The number of nitrogens with zero attached hydrogens (tertiary/aromatic N) is 2. The Balaban J connectivity index is 1.28. The number of anilines is 2. The summed E-state index contributed by atoms with van der Waals surface area (Å²) in [6, 6.07) is 6.34. The van der Waals surface area contributed by atoms with Crippen LogP contribution in [0.4, 0.5) is 11.4 Å². The lowest BCUT2D eigenvalue weighted by atomic mass is 10.2. The molecule has 3 amide bonds. The van der Waals surface area contributed by atoms with Crippen LogP contribution in [0.2, 0.25) is 0 Å². The maximum atomic E-state index is 12.4. The van der Waals surface area contributed by atoms with Gasteiger partial charge in [-0.1, -0.05) is 0 Å². The van der Waals surface area contributed by atoms with Crippen molar-refractivity contribution in [3.8, 4) is 0 Å². The third kappa shape index (κ3) is 3.83. The van der Waals surface area contributed by atoms with Gasteiger partial charge in [-0.25, -0.2) is 4.79 Å². The molecule has 3 saturated heterocycles. The Morgan fingerprint density at radius 2 is 1.97 bits per heavy atom. The van der Waals surface area contributed by atoms with Gasteiger partial charge in [0.05, 0.1) is 4.87 Å². The zero-order chi connectivity index (χ0) is 20.6. The second-order valence-corrected chi connectivity index (χ2v) is 9.12. The van der Waals surface area contributed by atoms with Crippen molar-refractivity contribution in [2.75, 3.05) is 29.1 Å². The summed E-state index contributed by atoms with van der Waals surface area (Å²) in [6.07, 6.45) is 2.57. The minimum Gasteiger partial charge on any atom is -0.454 e. The van der Waals surface area contributed by atoms with Crippen LogP contribution in [0.5, 0.6) is 0 Å². The summed E-state index contributed by atoms with van der Waals surface area (Å²) in [5.41, 5.74) is 1.36. The highest BCUT2D eigenvalue weighted by Crippen LogP contribution is 2.47. The molecule has 2 atom stereocenters. The maximum Gasteiger partial charge on any atom is 0.330 e. The molecule has 0 radical (unpaired) electrons. The lowest BCUT2D eigenvalue weighted by Crippen LogP contribution is -2.47. The van der Waals surface area contributed by atoms with E-state index in [2.05, 4.69) is 5.32 Å². The summed E-state index contributed by atoms with van der Waals surface area (Å²) in [6.45, 7) is 2.26. The number of nitrogens with one attached hydrogen (secondary N) is 1. The number of hydrogen-bond donors (Lipinski definition) is 1. The fourth-order valence-electron chi connectivity index (χ4n) is 4.07. The van der Waals surface area contributed by atoms with Gasteiger partial charge in [-0.15, -0.1) is 11.8 Å². The molecular formula is C20H23N3O5S. The molecule has 9 heteroatoms. The Hall–Kier alpha value is -2.55. The summed E-state index contributed by atoms with van der Waals surface area (Å²) >= 11 is 1.58. The molecule has 0 saturated carbocycles. The van der Waals surface area contributed by atoms with Gasteiger partial charge < -0.3 is 19.9 Å². The second-order valence-electron chi connectivity index (χ2n) is 7.62. The number of amides is 3. The van der Waals surface area contributed by atoms with Crippen LogP contribution in [0.1, 0.15) is 32.6 Å². The summed E-state index contributed by atoms with van der Waals surface area (Å²) < 4.78 is 5.17. The Labute approximate surface area is 172 Å². The number of thioether (sulfide) groups is 1. The van der Waals surface area contributed by atoms with Crippen molar-refractivity contribution in [1.29, 1.82) is 0 Å². The number of esters is 1. The van der Waals surface area contributed by atoms with E-state index in [1.54, 1.807) is 45.8 Å². The van der Waals surface area contributed by atoms with E-state index in [4.69, 9.17) is 4.74 Å². The van der Waals surface area contributed by atoms with Gasteiger partial charge >= 0.3 is 5.97 Å². The molecule has 1 N–H and O–H groups in total. The van der Waals surface area contributed by atoms with E-state index in [0.717, 1.165) is 18.5 Å². The predicted octanol–water partition coefficient (Wildman–Crippen LogP) is 1.75. The van der Waals surface area contributed by atoms with E-state index in [0.29, 0.717) is 30.8 Å². The Bertz CT molecular complexity index is 858. The van der Waals surface area contributed by atoms with Gasteiger partial charge in [-0.3, -0.25) is 14.4 Å². The summed E-state index contributed by atoms with van der Waals surface area (Å²) in [5.74, 6) is -0.454. The number of hydrogen-bond acceptors (Lipinski definition) is 6. The first-order valence-electron chi connectivity index (χ1n) is 9.70. The molecule has 1 aromatic carbocycles. The van der Waals surface area contributed by atoms with E-state index in [1.807, 2.05) is 6.92 Å². The molecule has 3 aliphatic heterocycles. The molecular weight excluding hydrogens is 394 g/mol. The molecule has 0 aliphatic carbocycles. The van der Waals surface area contributed by atoms with Crippen LogP contribution in [-0.2, 0) is 23.9 Å². The minimum absolute atomic E-state index is 0.0412. The minimum atomic E-state index is -0.634. The molecule has 1 aromatic rings. The molecule has 8 nitrogen and oxygen atoms in total. The van der Waals surface area contributed by atoms with E-state index < -0.39 is 24.5 Å². The zero-order valence-electron chi connectivity index (χ0n) is 16.2. The number of ether oxygens (including phenoxy) is 1. The van der Waals surface area contributed by atoms with Gasteiger partial charge in [0, 0.05) is 36.5 Å². The van der Waals surface area contributed by atoms with Crippen LogP contribution in [0.15, 0.2) is 24.3 Å². The molecule has 3 fully saturated rings. The van der Waals surface area contributed by atoms with Crippen molar-refractivity contribution in [3.63, 3.8) is 0 Å². The first-order valence-corrected chi connectivity index (χ1v) is 10.7. The van der Waals surface area contributed by atoms with Crippen LogP contribution < -0.4 is 10.2 Å². The van der Waals surface area contributed by atoms with Crippen molar-refractivity contribution in [3.05, 3.63) is 24.3 Å². The van der Waals surface area contributed by atoms with Crippen LogP contribution >= 0.6 is 11.8 Å². The third-order valence-corrected chi connectivity index (χ3v) is 7.10. The van der Waals surface area contributed by atoms with Gasteiger partial charge in [0.1, 0.15) is 6.04 Å². The molecule has 0 aromatic heterocycles. The van der Waals surface area contributed by atoms with Crippen LogP contribution in [0.25, 0.3) is 0 Å². The average Bonchev–Trinajstić information content (AvgIpc) is 3.36. The second kappa shape index (κ2) is 7.70. The molecule has 3 aliphatic rings. The molecule has 3 heterocycles. The highest BCUT2D eigenvalue weighted by molar-refractivity contribution is 8.01. The van der Waals surface area contributed by atoms with E-state index >= 15 is 0 Å². The zero-order valence-corrected chi connectivity index (χ0v) is 17.0. The van der Waals surface area contributed by atoms with Gasteiger partial charge in [0.15, 0.2) is 6.61 Å². The normalized spacial score (nSPS) is 26.0. The first kappa shape index (κ1) is 19.8. The van der Waals surface area contributed by atoms with Crippen molar-refractivity contribution in [1.82, 2.24) is 4.90 Å². The monoisotopic (exact) mass is 417 g/mol. The number of carbonyl (C=O) groups is 4. The predicted molar refractivity (Wildman–Crippen MR) is 108 cm³/mol. The largest absolute Gasteiger partial charge is 0.454 e. The van der Waals surface area contributed by atoms with Gasteiger partial charge in [0.25, 0.3) is 5.91 Å². The maximum absolute atomic E-state index is 12.4. The van der Waals surface area contributed by atoms with E-state index in [9.17, 15) is 19.2 Å². The highest BCUT2D eigenvalue weighted by atomic mass is 32.2. The van der Waals surface area contributed by atoms with E-state index in [1.165, 1.54) is 0 Å². The highest BCUT2D eigenvalue weighted by Gasteiger charge is 2.53. The van der Waals surface area contributed by atoms with Crippen LogP contribution in [-0.4, -0.2) is 58.4 Å². The fraction of sp³-hybridized carbons (Fsp3) is 0.500. The van der Waals surface area contributed by atoms with Crippen molar-refractivity contribution < 1.29 is 23.9 Å². The van der Waals surface area contributed by atoms with Crippen molar-refractivity contribution >= 4 is 46.8 Å². The first-order chi connectivity index (χ1) is 13.9. The quantitative estimate of drug-likeness (QED) is 0.734. The Morgan fingerprint density at radius 1 is 1.21 bits per heavy atom. The smallest absolute Gasteiger partial charge is 0.330 e. The Morgan fingerprint density at radius 3 is 2.66 bits per heavy atom. The number of rotatable bonds is 5. The third-order valence-electron chi connectivity index (χ3n) is 5.60. The fourth-order valence-corrected chi connectivity index (χ4v) is 5.49. The topological polar surface area (TPSA) is 96.0 Å². The molecule has 0 spiro atoms. The van der Waals surface area contributed by atoms with Gasteiger partial charge in [0.2, 0.25) is 11.8 Å². The summed E-state index contributed by atoms with van der Waals surface area (Å²) in [7, 11) is 0. The number of benzene rings is 1. The average molecular weight is 417 g/mol. The van der Waals surface area contributed by atoms with E-state index in [-0.39, 0.29) is 16.7 Å². The van der Waals surface area contributed by atoms with Crippen molar-refractivity contribution in [2.45, 2.75) is 43.5 Å². The molecule has 154 valence electrons. The number of carbonyl (C=O) groups excluding carboxylic acids is 4. The summed E-state index contributed by atoms with van der Waals surface area (Å²) in [5, 5.41) is 2.67. The molecule has 29 heavy (non-hydrogen) atoms. The van der Waals surface area contributed by atoms with Crippen LogP contribution in [0, 0.1) is 0 Å². The van der Waals surface area contributed by atoms with Crippen molar-refractivity contribution in [2.24, 2.45) is 0 Å². The molecule has 0 bridgehead atoms. The SMILES string of the molecule is C[C@@]12CCC(=O)N1[C@@H](C(=O)OCC(=O)Nc1ccc(N3CCCC3=O)cc1)CS2. The lowest BCUT2D eigenvalue weighted by Gasteiger charge is -2.29. The van der Waals surface area contributed by atoms with Gasteiger partial charge in [-0.2, -0.15) is 0 Å². The number of fused-ring (bicyclic) bond motifs is 1. The lowest BCUT2D eigenvalue weighted by molar-refractivity contribution is -0.155.